The maximum atomic E-state index is 13.6. The highest BCUT2D eigenvalue weighted by Gasteiger charge is 2.55. The van der Waals surface area contributed by atoms with E-state index in [-0.39, 0.29) is 18.1 Å². The Labute approximate surface area is 157 Å². The second-order valence-electron chi connectivity index (χ2n) is 8.62. The number of nitrogens with one attached hydrogen (secondary N) is 1. The van der Waals surface area contributed by atoms with E-state index in [2.05, 4.69) is 10.3 Å². The van der Waals surface area contributed by atoms with Crippen molar-refractivity contribution in [3.8, 4) is 17.1 Å². The van der Waals surface area contributed by atoms with E-state index in [0.717, 1.165) is 24.2 Å². The van der Waals surface area contributed by atoms with Gasteiger partial charge in [-0.1, -0.05) is 12.1 Å². The molecule has 0 radical (unpaired) electrons. The Morgan fingerprint density at radius 1 is 1.19 bits per heavy atom. The van der Waals surface area contributed by atoms with Crippen LogP contribution < -0.4 is 15.8 Å². The van der Waals surface area contributed by atoms with Crippen molar-refractivity contribution in [3.63, 3.8) is 0 Å². The van der Waals surface area contributed by atoms with E-state index in [1.54, 1.807) is 6.07 Å². The normalized spacial score (nSPS) is 27.5. The molecule has 0 bridgehead atoms. The van der Waals surface area contributed by atoms with Gasteiger partial charge >= 0.3 is 0 Å². The first-order valence-electron chi connectivity index (χ1n) is 9.43. The summed E-state index contributed by atoms with van der Waals surface area (Å²) in [6.45, 7) is 5.85. The van der Waals surface area contributed by atoms with Gasteiger partial charge in [0, 0.05) is 54.1 Å². The van der Waals surface area contributed by atoms with Gasteiger partial charge in [-0.15, -0.1) is 0 Å². The molecule has 0 spiro atoms. The van der Waals surface area contributed by atoms with Gasteiger partial charge in [-0.2, -0.15) is 0 Å². The number of alkyl halides is 2. The van der Waals surface area contributed by atoms with Gasteiger partial charge in [0.15, 0.2) is 0 Å². The largest absolute Gasteiger partial charge is 0.474 e. The monoisotopic (exact) mass is 371 g/mol. The molecule has 2 aliphatic carbocycles. The van der Waals surface area contributed by atoms with E-state index >= 15 is 0 Å². The number of hydrogen-bond donors (Lipinski definition) is 2. The molecule has 2 heterocycles. The van der Waals surface area contributed by atoms with E-state index in [0.29, 0.717) is 29.0 Å². The van der Waals surface area contributed by atoms with Crippen LogP contribution in [0.25, 0.3) is 11.3 Å². The number of benzene rings is 1. The molecule has 4 nitrogen and oxygen atoms in total. The van der Waals surface area contributed by atoms with E-state index in [1.165, 1.54) is 6.07 Å². The van der Waals surface area contributed by atoms with Crippen LogP contribution in [0, 0.1) is 11.8 Å². The Morgan fingerprint density at radius 2 is 1.93 bits per heavy atom. The Balaban J connectivity index is 1.50. The Bertz CT molecular complexity index is 912. The lowest BCUT2D eigenvalue weighted by Crippen LogP contribution is -2.29. The molecule has 6 heteroatoms. The molecule has 27 heavy (non-hydrogen) atoms. The van der Waals surface area contributed by atoms with Crippen LogP contribution in [0.5, 0.6) is 5.88 Å². The average molecular weight is 371 g/mol. The van der Waals surface area contributed by atoms with Gasteiger partial charge in [0.05, 0.1) is 5.69 Å². The van der Waals surface area contributed by atoms with Crippen LogP contribution in [0.1, 0.15) is 30.5 Å². The third-order valence-corrected chi connectivity index (χ3v) is 6.02. The number of nitrogens with two attached hydrogens (primary N) is 1. The molecule has 1 aromatic heterocycles. The molecule has 1 aliphatic heterocycles. The number of pyridine rings is 1. The minimum Gasteiger partial charge on any atom is -0.474 e. The molecule has 142 valence electrons. The molecule has 2 fully saturated rings. The van der Waals surface area contributed by atoms with Gasteiger partial charge in [0.1, 0.15) is 6.10 Å². The molecule has 5 rings (SSSR count). The topological polar surface area (TPSA) is 60.2 Å². The Hall–Kier alpha value is -2.05. The standard InChI is InChI=1S/C21H23F2N3O/c1-20(2,24)13-6-17(11-3-4-16-12(5-11)8-21(16,22)23)26-18(7-13)27-19-14-9-25-10-15(14)19/h3-7,14-15,19,25H,8-10,24H2,1-2H3/t14-,15+,19+. The third-order valence-electron chi connectivity index (χ3n) is 6.02. The van der Waals surface area contributed by atoms with Crippen molar-refractivity contribution in [2.24, 2.45) is 17.6 Å². The second kappa shape index (κ2) is 5.49. The molecule has 1 saturated carbocycles. The first-order chi connectivity index (χ1) is 12.7. The summed E-state index contributed by atoms with van der Waals surface area (Å²) >= 11 is 0. The van der Waals surface area contributed by atoms with Crippen LogP contribution in [0.3, 0.4) is 0 Å². The summed E-state index contributed by atoms with van der Waals surface area (Å²) in [4.78, 5) is 4.67. The highest BCUT2D eigenvalue weighted by molar-refractivity contribution is 5.65. The van der Waals surface area contributed by atoms with E-state index in [1.807, 2.05) is 32.0 Å². The smallest absolute Gasteiger partial charge is 0.277 e. The van der Waals surface area contributed by atoms with Crippen molar-refractivity contribution in [3.05, 3.63) is 47.0 Å². The molecule has 3 N–H and O–H groups in total. The zero-order valence-corrected chi connectivity index (χ0v) is 15.4. The van der Waals surface area contributed by atoms with Crippen LogP contribution >= 0.6 is 0 Å². The van der Waals surface area contributed by atoms with Crippen LogP contribution in [0.4, 0.5) is 8.78 Å². The zero-order chi connectivity index (χ0) is 19.0. The van der Waals surface area contributed by atoms with Crippen LogP contribution in [-0.4, -0.2) is 24.2 Å². The van der Waals surface area contributed by atoms with Gasteiger partial charge in [-0.05, 0) is 37.1 Å². The van der Waals surface area contributed by atoms with Crippen molar-refractivity contribution < 1.29 is 13.5 Å². The fourth-order valence-corrected chi connectivity index (χ4v) is 4.25. The lowest BCUT2D eigenvalue weighted by atomic mass is 9.83. The fraction of sp³-hybridized carbons (Fsp3) is 0.476. The van der Waals surface area contributed by atoms with Crippen LogP contribution in [-0.2, 0) is 17.9 Å². The second-order valence-corrected chi connectivity index (χ2v) is 8.62. The Morgan fingerprint density at radius 3 is 2.56 bits per heavy atom. The van der Waals surface area contributed by atoms with Crippen molar-refractivity contribution >= 4 is 0 Å². The number of rotatable bonds is 4. The summed E-state index contributed by atoms with van der Waals surface area (Å²) in [6.07, 6.45) is -0.00158. The highest BCUT2D eigenvalue weighted by atomic mass is 19.3. The van der Waals surface area contributed by atoms with E-state index < -0.39 is 11.5 Å². The lowest BCUT2D eigenvalue weighted by Gasteiger charge is -2.30. The Kier molecular flexibility index (Phi) is 3.47. The molecular weight excluding hydrogens is 348 g/mol. The van der Waals surface area contributed by atoms with Gasteiger partial charge in [-0.25, -0.2) is 13.8 Å². The van der Waals surface area contributed by atoms with Crippen molar-refractivity contribution in [1.29, 1.82) is 0 Å². The maximum Gasteiger partial charge on any atom is 0.277 e. The first kappa shape index (κ1) is 17.1. The molecule has 1 aromatic carbocycles. The first-order valence-corrected chi connectivity index (χ1v) is 9.43. The zero-order valence-electron chi connectivity index (χ0n) is 15.4. The van der Waals surface area contributed by atoms with Gasteiger partial charge in [0.2, 0.25) is 5.88 Å². The van der Waals surface area contributed by atoms with Crippen LogP contribution in [0.15, 0.2) is 30.3 Å². The molecule has 3 atom stereocenters. The van der Waals surface area contributed by atoms with Gasteiger partial charge in [0.25, 0.3) is 5.92 Å². The number of hydrogen-bond acceptors (Lipinski definition) is 4. The van der Waals surface area contributed by atoms with Gasteiger partial charge in [-0.3, -0.25) is 0 Å². The number of ether oxygens (including phenoxy) is 1. The van der Waals surface area contributed by atoms with Crippen molar-refractivity contribution in [2.75, 3.05) is 13.1 Å². The summed E-state index contributed by atoms with van der Waals surface area (Å²) in [5.74, 6) is -1.02. The number of piperidine rings is 1. The lowest BCUT2D eigenvalue weighted by molar-refractivity contribution is -0.0287. The summed E-state index contributed by atoms with van der Waals surface area (Å²) in [5.41, 5.74) is 9.02. The predicted octanol–water partition coefficient (Wildman–Crippen LogP) is 3.19. The van der Waals surface area contributed by atoms with Gasteiger partial charge < -0.3 is 15.8 Å². The predicted molar refractivity (Wildman–Crippen MR) is 98.8 cm³/mol. The summed E-state index contributed by atoms with van der Waals surface area (Å²) < 4.78 is 33.3. The molecule has 3 aliphatic rings. The summed E-state index contributed by atoms with van der Waals surface area (Å²) in [6, 6.07) is 8.86. The van der Waals surface area contributed by atoms with Crippen molar-refractivity contribution in [2.45, 2.75) is 37.8 Å². The molecule has 0 amide bonds. The third kappa shape index (κ3) is 2.82. The van der Waals surface area contributed by atoms with Crippen molar-refractivity contribution in [1.82, 2.24) is 10.3 Å². The summed E-state index contributed by atoms with van der Waals surface area (Å²) in [5, 5.41) is 3.35. The van der Waals surface area contributed by atoms with Crippen LogP contribution in [0.2, 0.25) is 0 Å². The number of halogens is 2. The molecular formula is C21H23F2N3O. The number of fused-ring (bicyclic) bond motifs is 2. The molecule has 0 unspecified atom stereocenters. The minimum atomic E-state index is -2.70. The quantitative estimate of drug-likeness (QED) is 0.867. The minimum absolute atomic E-state index is 0.122. The number of nitrogens with zero attached hydrogens (tertiary/aromatic N) is 1. The molecule has 1 saturated heterocycles. The van der Waals surface area contributed by atoms with E-state index in [4.69, 9.17) is 10.5 Å². The summed E-state index contributed by atoms with van der Waals surface area (Å²) in [7, 11) is 0. The molecule has 2 aromatic rings. The highest BCUT2D eigenvalue weighted by Crippen LogP contribution is 2.46. The average Bonchev–Trinajstić information content (AvgIpc) is 3.01. The maximum absolute atomic E-state index is 13.6. The fourth-order valence-electron chi connectivity index (χ4n) is 4.25. The SMILES string of the molecule is CC(C)(N)c1cc(O[C@H]2[C@@H]3CNC[C@@H]32)nc(-c2ccc3c(c2)CC3(F)F)c1. The number of aromatic nitrogens is 1. The van der Waals surface area contributed by atoms with E-state index in [9.17, 15) is 8.78 Å².